The van der Waals surface area contributed by atoms with Crippen molar-refractivity contribution in [1.82, 2.24) is 0 Å². The number of hydrogen-bond acceptors (Lipinski definition) is 2. The van der Waals surface area contributed by atoms with Gasteiger partial charge in [0.2, 0.25) is 0 Å². The zero-order chi connectivity index (χ0) is 11.1. The van der Waals surface area contributed by atoms with Crippen LogP contribution in [0.1, 0.15) is 13.8 Å². The molecule has 16 heavy (non-hydrogen) atoms. The van der Waals surface area contributed by atoms with Crippen LogP contribution in [0, 0.1) is 0 Å². The number of aliphatic imine (C=N–C) groups is 2. The minimum atomic E-state index is 0.990. The Bertz CT molecular complexity index is 583. The molecule has 1 aliphatic heterocycles. The zero-order valence-corrected chi connectivity index (χ0v) is 9.36. The molecule has 0 saturated heterocycles. The lowest BCUT2D eigenvalue weighted by Crippen LogP contribution is -2.03. The first-order valence-electron chi connectivity index (χ1n) is 5.38. The molecule has 0 fully saturated rings. The van der Waals surface area contributed by atoms with Crippen LogP contribution in [0.5, 0.6) is 0 Å². The van der Waals surface area contributed by atoms with E-state index in [4.69, 9.17) is 0 Å². The van der Waals surface area contributed by atoms with Gasteiger partial charge in [-0.1, -0.05) is 24.3 Å². The molecule has 0 N–H and O–H groups in total. The van der Waals surface area contributed by atoms with E-state index in [1.807, 2.05) is 38.1 Å². The maximum absolute atomic E-state index is 4.62. The summed E-state index contributed by atoms with van der Waals surface area (Å²) in [6.45, 7) is 4.01. The first kappa shape index (κ1) is 9.28. The van der Waals surface area contributed by atoms with Gasteiger partial charge in [-0.2, -0.15) is 0 Å². The number of nitrogens with zero attached hydrogens (tertiary/aromatic N) is 2. The van der Waals surface area contributed by atoms with Gasteiger partial charge >= 0.3 is 0 Å². The molecule has 2 aromatic rings. The topological polar surface area (TPSA) is 24.7 Å². The van der Waals surface area contributed by atoms with Crippen LogP contribution in [0.25, 0.3) is 10.8 Å². The van der Waals surface area contributed by atoms with E-state index in [9.17, 15) is 0 Å². The van der Waals surface area contributed by atoms with Gasteiger partial charge in [-0.25, -0.2) is 0 Å². The summed E-state index contributed by atoms with van der Waals surface area (Å²) in [5.41, 5.74) is 4.02. The Morgan fingerprint density at radius 3 is 1.75 bits per heavy atom. The molecule has 3 rings (SSSR count). The monoisotopic (exact) mass is 208 g/mol. The molecule has 0 spiro atoms. The van der Waals surface area contributed by atoms with Gasteiger partial charge in [0.25, 0.3) is 0 Å². The standard InChI is InChI=1S/C14H12N2/c1-9-10(2)16-13-8-4-6-11-5-3-7-12(15-9)14(11)13/h3-8H,1-2H3. The second-order valence-electron chi connectivity index (χ2n) is 4.05. The fraction of sp³-hybridized carbons (Fsp3) is 0.143. The second kappa shape index (κ2) is 3.27. The van der Waals surface area contributed by atoms with Crippen molar-refractivity contribution in [2.45, 2.75) is 13.8 Å². The molecule has 1 aliphatic rings. The van der Waals surface area contributed by atoms with Gasteiger partial charge in [0.15, 0.2) is 0 Å². The lowest BCUT2D eigenvalue weighted by molar-refractivity contribution is 1.55. The Labute approximate surface area is 94.4 Å². The average Bonchev–Trinajstić information content (AvgIpc) is 2.40. The van der Waals surface area contributed by atoms with E-state index >= 15 is 0 Å². The van der Waals surface area contributed by atoms with E-state index in [1.54, 1.807) is 0 Å². The molecule has 0 aromatic heterocycles. The van der Waals surface area contributed by atoms with Gasteiger partial charge in [0.05, 0.1) is 22.8 Å². The molecule has 0 saturated carbocycles. The van der Waals surface area contributed by atoms with E-state index in [2.05, 4.69) is 22.1 Å². The summed E-state index contributed by atoms with van der Waals surface area (Å²) in [6.07, 6.45) is 0. The molecule has 78 valence electrons. The summed E-state index contributed by atoms with van der Waals surface area (Å²) in [7, 11) is 0. The summed E-state index contributed by atoms with van der Waals surface area (Å²) in [5, 5.41) is 2.35. The van der Waals surface area contributed by atoms with Crippen LogP contribution in [0.2, 0.25) is 0 Å². The molecule has 0 amide bonds. The maximum atomic E-state index is 4.62. The summed E-state index contributed by atoms with van der Waals surface area (Å²) in [4.78, 5) is 9.25. The Morgan fingerprint density at radius 1 is 0.750 bits per heavy atom. The van der Waals surface area contributed by atoms with E-state index in [1.165, 1.54) is 5.39 Å². The minimum absolute atomic E-state index is 0.990. The lowest BCUT2D eigenvalue weighted by Gasteiger charge is -2.03. The Kier molecular flexibility index (Phi) is 1.90. The Hall–Kier alpha value is -1.96. The third-order valence-corrected chi connectivity index (χ3v) is 2.96. The van der Waals surface area contributed by atoms with E-state index in [0.29, 0.717) is 0 Å². The fourth-order valence-corrected chi connectivity index (χ4v) is 2.01. The molecule has 2 heteroatoms. The fourth-order valence-electron chi connectivity index (χ4n) is 2.01. The highest BCUT2D eigenvalue weighted by atomic mass is 14.8. The first-order chi connectivity index (χ1) is 7.75. The normalized spacial score (nSPS) is 14.4. The quantitative estimate of drug-likeness (QED) is 0.624. The van der Waals surface area contributed by atoms with Gasteiger partial charge < -0.3 is 0 Å². The number of benzene rings is 2. The zero-order valence-electron chi connectivity index (χ0n) is 9.36. The molecule has 0 atom stereocenters. The largest absolute Gasteiger partial charge is 0.251 e. The van der Waals surface area contributed by atoms with Crippen molar-refractivity contribution in [3.05, 3.63) is 36.4 Å². The number of hydrogen-bond donors (Lipinski definition) is 0. The van der Waals surface area contributed by atoms with E-state index < -0.39 is 0 Å². The van der Waals surface area contributed by atoms with Crippen molar-refractivity contribution in [3.63, 3.8) is 0 Å². The van der Waals surface area contributed by atoms with Gasteiger partial charge in [0, 0.05) is 5.39 Å². The Balaban J connectivity index is 2.51. The van der Waals surface area contributed by atoms with Gasteiger partial charge in [0.1, 0.15) is 0 Å². The van der Waals surface area contributed by atoms with Crippen LogP contribution in [-0.2, 0) is 0 Å². The third-order valence-electron chi connectivity index (χ3n) is 2.96. The molecule has 0 radical (unpaired) electrons. The lowest BCUT2D eigenvalue weighted by atomic mass is 10.1. The summed E-state index contributed by atoms with van der Waals surface area (Å²) < 4.78 is 0. The van der Waals surface area contributed by atoms with Crippen LogP contribution in [0.3, 0.4) is 0 Å². The summed E-state index contributed by atoms with van der Waals surface area (Å²) in [6, 6.07) is 12.4. The van der Waals surface area contributed by atoms with Gasteiger partial charge in [-0.3, -0.25) is 9.98 Å². The highest BCUT2D eigenvalue weighted by Crippen LogP contribution is 2.36. The van der Waals surface area contributed by atoms with E-state index in [0.717, 1.165) is 28.2 Å². The van der Waals surface area contributed by atoms with Crippen LogP contribution < -0.4 is 0 Å². The molecule has 0 aliphatic carbocycles. The van der Waals surface area contributed by atoms with Gasteiger partial charge in [-0.15, -0.1) is 0 Å². The predicted octanol–water partition coefficient (Wildman–Crippen LogP) is 4.04. The average molecular weight is 208 g/mol. The molecule has 0 bridgehead atoms. The molecule has 2 nitrogen and oxygen atoms in total. The van der Waals surface area contributed by atoms with Crippen molar-refractivity contribution >= 4 is 33.6 Å². The highest BCUT2D eigenvalue weighted by molar-refractivity contribution is 6.42. The van der Waals surface area contributed by atoms with Crippen LogP contribution in [-0.4, -0.2) is 11.4 Å². The third kappa shape index (κ3) is 1.27. The smallest absolute Gasteiger partial charge is 0.0733 e. The highest BCUT2D eigenvalue weighted by Gasteiger charge is 2.10. The maximum Gasteiger partial charge on any atom is 0.0733 e. The predicted molar refractivity (Wildman–Crippen MR) is 69.5 cm³/mol. The second-order valence-corrected chi connectivity index (χ2v) is 4.05. The van der Waals surface area contributed by atoms with Crippen molar-refractivity contribution < 1.29 is 0 Å². The molecule has 0 unspecified atom stereocenters. The minimum Gasteiger partial charge on any atom is -0.251 e. The summed E-state index contributed by atoms with van der Waals surface area (Å²) in [5.74, 6) is 0. The van der Waals surface area contributed by atoms with Crippen molar-refractivity contribution in [1.29, 1.82) is 0 Å². The van der Waals surface area contributed by atoms with Crippen LogP contribution in [0.15, 0.2) is 46.4 Å². The van der Waals surface area contributed by atoms with Crippen LogP contribution >= 0.6 is 0 Å². The van der Waals surface area contributed by atoms with Crippen molar-refractivity contribution in [2.75, 3.05) is 0 Å². The number of rotatable bonds is 0. The van der Waals surface area contributed by atoms with Crippen molar-refractivity contribution in [3.8, 4) is 0 Å². The first-order valence-corrected chi connectivity index (χ1v) is 5.38. The molecular formula is C14H12N2. The molecule has 1 heterocycles. The van der Waals surface area contributed by atoms with Gasteiger partial charge in [-0.05, 0) is 31.4 Å². The molecular weight excluding hydrogens is 196 g/mol. The van der Waals surface area contributed by atoms with Crippen molar-refractivity contribution in [2.24, 2.45) is 9.98 Å². The summed E-state index contributed by atoms with van der Waals surface area (Å²) >= 11 is 0. The SMILES string of the molecule is CC1=Nc2cccc3cccc(c23)N=C1C. The van der Waals surface area contributed by atoms with Crippen LogP contribution in [0.4, 0.5) is 11.4 Å². The van der Waals surface area contributed by atoms with E-state index in [-0.39, 0.29) is 0 Å². The Morgan fingerprint density at radius 2 is 1.25 bits per heavy atom. The molecule has 2 aromatic carbocycles.